The van der Waals surface area contributed by atoms with Crippen molar-refractivity contribution in [2.24, 2.45) is 5.41 Å². The van der Waals surface area contributed by atoms with Crippen LogP contribution in [0.2, 0.25) is 0 Å². The Labute approximate surface area is 128 Å². The van der Waals surface area contributed by atoms with E-state index >= 15 is 0 Å². The van der Waals surface area contributed by atoms with Gasteiger partial charge in [-0.05, 0) is 25.0 Å². The summed E-state index contributed by atoms with van der Waals surface area (Å²) >= 11 is 3.06. The van der Waals surface area contributed by atoms with Gasteiger partial charge in [-0.2, -0.15) is 0 Å². The van der Waals surface area contributed by atoms with Gasteiger partial charge in [-0.15, -0.1) is 23.1 Å². The smallest absolute Gasteiger partial charge is 0.350 e. The Morgan fingerprint density at radius 2 is 2.25 bits per heavy atom. The third kappa shape index (κ3) is 2.91. The van der Waals surface area contributed by atoms with Gasteiger partial charge < -0.3 is 15.4 Å². The summed E-state index contributed by atoms with van der Waals surface area (Å²) in [5.41, 5.74) is 7.03. The number of thiophene rings is 1. The largest absolute Gasteiger partial charge is 0.462 e. The Bertz CT molecular complexity index is 512. The normalized spacial score (nSPS) is 17.5. The van der Waals surface area contributed by atoms with Crippen molar-refractivity contribution in [3.05, 3.63) is 4.88 Å². The summed E-state index contributed by atoms with van der Waals surface area (Å²) in [5.74, 6) is -0.310. The van der Waals surface area contributed by atoms with E-state index < -0.39 is 0 Å². The first-order valence-electron chi connectivity index (χ1n) is 6.78. The number of esters is 1. The average molecular weight is 314 g/mol. The standard InChI is InChI=1S/C14H22N2O2S2/c1-5-18-13(17)11-9(15)10(19-4)12(20-11)16-7-6-14(2,3)8-16/h5-8,15H2,1-4H3. The fraction of sp³-hybridized carbons (Fsp3) is 0.643. The predicted octanol–water partition coefficient (Wildman–Crippen LogP) is 3.47. The molecule has 0 aromatic carbocycles. The summed E-state index contributed by atoms with van der Waals surface area (Å²) in [5, 5.41) is 1.11. The van der Waals surface area contributed by atoms with Crippen molar-refractivity contribution in [2.75, 3.05) is 36.6 Å². The molecule has 1 aromatic heterocycles. The molecular weight excluding hydrogens is 292 g/mol. The van der Waals surface area contributed by atoms with E-state index in [1.807, 2.05) is 6.26 Å². The van der Waals surface area contributed by atoms with Crippen LogP contribution in [0.1, 0.15) is 36.9 Å². The molecule has 0 bridgehead atoms. The number of nitrogen functional groups attached to an aromatic ring is 1. The van der Waals surface area contributed by atoms with Gasteiger partial charge in [0.15, 0.2) is 0 Å². The third-order valence-corrected chi connectivity index (χ3v) is 5.71. The Balaban J connectivity index is 2.34. The van der Waals surface area contributed by atoms with Gasteiger partial charge in [0.1, 0.15) is 9.88 Å². The fourth-order valence-electron chi connectivity index (χ4n) is 2.46. The maximum atomic E-state index is 12.0. The zero-order valence-corrected chi connectivity index (χ0v) is 14.1. The molecule has 6 heteroatoms. The zero-order valence-electron chi connectivity index (χ0n) is 12.5. The Kier molecular flexibility index (Phi) is 4.54. The van der Waals surface area contributed by atoms with Gasteiger partial charge in [-0.25, -0.2) is 4.79 Å². The van der Waals surface area contributed by atoms with Crippen LogP contribution in [-0.2, 0) is 4.74 Å². The van der Waals surface area contributed by atoms with Crippen molar-refractivity contribution in [1.82, 2.24) is 0 Å². The Hall–Kier alpha value is -0.880. The van der Waals surface area contributed by atoms with E-state index in [1.165, 1.54) is 11.3 Å². The van der Waals surface area contributed by atoms with E-state index in [1.54, 1.807) is 18.7 Å². The number of nitrogens with zero attached hydrogens (tertiary/aromatic N) is 1. The second-order valence-corrected chi connectivity index (χ2v) is 7.56. The summed E-state index contributed by atoms with van der Waals surface area (Å²) in [7, 11) is 0. The number of rotatable bonds is 4. The van der Waals surface area contributed by atoms with Gasteiger partial charge in [0.2, 0.25) is 0 Å². The van der Waals surface area contributed by atoms with Crippen LogP contribution in [0.5, 0.6) is 0 Å². The summed E-state index contributed by atoms with van der Waals surface area (Å²) in [6.07, 6.45) is 3.16. The first-order chi connectivity index (χ1) is 9.39. The minimum atomic E-state index is -0.310. The quantitative estimate of drug-likeness (QED) is 0.681. The van der Waals surface area contributed by atoms with Gasteiger partial charge in [-0.1, -0.05) is 13.8 Å². The van der Waals surface area contributed by atoms with Crippen molar-refractivity contribution in [1.29, 1.82) is 0 Å². The number of ether oxygens (including phenoxy) is 1. The number of anilines is 2. The van der Waals surface area contributed by atoms with E-state index in [4.69, 9.17) is 10.5 Å². The highest BCUT2D eigenvalue weighted by Crippen LogP contribution is 2.46. The van der Waals surface area contributed by atoms with Crippen LogP contribution in [0.15, 0.2) is 4.90 Å². The zero-order chi connectivity index (χ0) is 14.9. The van der Waals surface area contributed by atoms with E-state index in [0.717, 1.165) is 29.4 Å². The lowest BCUT2D eigenvalue weighted by molar-refractivity contribution is 0.0533. The second kappa shape index (κ2) is 5.85. The maximum absolute atomic E-state index is 12.0. The summed E-state index contributed by atoms with van der Waals surface area (Å²) in [6, 6.07) is 0. The molecule has 20 heavy (non-hydrogen) atoms. The van der Waals surface area contributed by atoms with Crippen molar-refractivity contribution in [3.8, 4) is 0 Å². The molecule has 2 heterocycles. The number of hydrogen-bond donors (Lipinski definition) is 1. The van der Waals surface area contributed by atoms with Crippen molar-refractivity contribution < 1.29 is 9.53 Å². The first kappa shape index (κ1) is 15.5. The summed E-state index contributed by atoms with van der Waals surface area (Å²) in [4.78, 5) is 15.9. The van der Waals surface area contributed by atoms with Crippen molar-refractivity contribution >= 4 is 39.8 Å². The first-order valence-corrected chi connectivity index (χ1v) is 8.82. The molecule has 0 aliphatic carbocycles. The number of thioether (sulfide) groups is 1. The SMILES string of the molecule is CCOC(=O)c1sc(N2CCC(C)(C)C2)c(SC)c1N. The molecule has 0 saturated carbocycles. The second-order valence-electron chi connectivity index (χ2n) is 5.74. The molecule has 1 aliphatic heterocycles. The molecule has 4 nitrogen and oxygen atoms in total. The van der Waals surface area contributed by atoms with Crippen LogP contribution in [-0.4, -0.2) is 31.9 Å². The van der Waals surface area contributed by atoms with Gasteiger partial charge >= 0.3 is 5.97 Å². The Morgan fingerprint density at radius 3 is 2.75 bits per heavy atom. The van der Waals surface area contributed by atoms with E-state index in [0.29, 0.717) is 22.6 Å². The summed E-state index contributed by atoms with van der Waals surface area (Å²) < 4.78 is 5.09. The van der Waals surface area contributed by atoms with Crippen LogP contribution in [0.25, 0.3) is 0 Å². The number of nitrogens with two attached hydrogens (primary N) is 1. The number of carbonyl (C=O) groups is 1. The number of hydrogen-bond acceptors (Lipinski definition) is 6. The molecule has 112 valence electrons. The molecule has 0 amide bonds. The molecular formula is C14H22N2O2S2. The monoisotopic (exact) mass is 314 g/mol. The van der Waals surface area contributed by atoms with E-state index in [9.17, 15) is 4.79 Å². The van der Waals surface area contributed by atoms with Crippen LogP contribution in [0.3, 0.4) is 0 Å². The third-order valence-electron chi connectivity index (χ3n) is 3.51. The number of carbonyl (C=O) groups excluding carboxylic acids is 1. The lowest BCUT2D eigenvalue weighted by Crippen LogP contribution is -2.22. The highest BCUT2D eigenvalue weighted by atomic mass is 32.2. The molecule has 1 aromatic rings. The molecule has 1 fully saturated rings. The van der Waals surface area contributed by atoms with Crippen LogP contribution < -0.4 is 10.6 Å². The molecule has 0 unspecified atom stereocenters. The van der Waals surface area contributed by atoms with Gasteiger partial charge in [-0.3, -0.25) is 0 Å². The van der Waals surface area contributed by atoms with Crippen molar-refractivity contribution in [2.45, 2.75) is 32.1 Å². The molecule has 1 aliphatic rings. The van der Waals surface area contributed by atoms with Crippen molar-refractivity contribution in [3.63, 3.8) is 0 Å². The molecule has 0 atom stereocenters. The molecule has 1 saturated heterocycles. The molecule has 2 rings (SSSR count). The average Bonchev–Trinajstić information content (AvgIpc) is 2.89. The van der Waals surface area contributed by atoms with E-state index in [2.05, 4.69) is 18.7 Å². The fourth-order valence-corrected chi connectivity index (χ4v) is 4.56. The highest BCUT2D eigenvalue weighted by Gasteiger charge is 2.33. The highest BCUT2D eigenvalue weighted by molar-refractivity contribution is 7.99. The van der Waals surface area contributed by atoms with Gasteiger partial charge in [0.05, 0.1) is 17.2 Å². The predicted molar refractivity (Wildman–Crippen MR) is 87.1 cm³/mol. The minimum absolute atomic E-state index is 0.310. The summed E-state index contributed by atoms with van der Waals surface area (Å²) in [6.45, 7) is 8.74. The van der Waals surface area contributed by atoms with Gasteiger partial charge in [0.25, 0.3) is 0 Å². The lowest BCUT2D eigenvalue weighted by Gasteiger charge is -2.21. The Morgan fingerprint density at radius 1 is 1.55 bits per heavy atom. The molecule has 0 radical (unpaired) electrons. The van der Waals surface area contributed by atoms with Crippen LogP contribution >= 0.6 is 23.1 Å². The van der Waals surface area contributed by atoms with E-state index in [-0.39, 0.29) is 5.97 Å². The van der Waals surface area contributed by atoms with Crippen LogP contribution in [0.4, 0.5) is 10.7 Å². The lowest BCUT2D eigenvalue weighted by atomic mass is 9.93. The van der Waals surface area contributed by atoms with Gasteiger partial charge in [0, 0.05) is 13.1 Å². The topological polar surface area (TPSA) is 55.6 Å². The molecule has 0 spiro atoms. The molecule has 2 N–H and O–H groups in total. The van der Waals surface area contributed by atoms with Crippen LogP contribution in [0, 0.1) is 5.41 Å². The maximum Gasteiger partial charge on any atom is 0.350 e. The minimum Gasteiger partial charge on any atom is -0.462 e.